The van der Waals surface area contributed by atoms with Gasteiger partial charge in [0.25, 0.3) is 0 Å². The molecule has 0 bridgehead atoms. The van der Waals surface area contributed by atoms with E-state index < -0.39 is 102 Å². The van der Waals surface area contributed by atoms with Crippen LogP contribution in [-0.4, -0.2) is 92.6 Å². The van der Waals surface area contributed by atoms with E-state index in [1.165, 1.54) is 49.0 Å². The molecule has 1 amide bonds. The quantitative estimate of drug-likeness (QED) is 0.0783. The highest BCUT2D eigenvalue weighted by Crippen LogP contribution is 2.52. The fraction of sp³-hybridized carbons (Fsp3) is 0.447. The van der Waals surface area contributed by atoms with E-state index in [0.29, 0.717) is 5.57 Å². The number of hydrogen-bond acceptors (Lipinski definition) is 12. The third-order valence-corrected chi connectivity index (χ3v) is 12.2. The molecule has 13 heteroatoms. The molecule has 4 aliphatic rings. The minimum Gasteiger partial charge on any atom is -0.507 e. The Morgan fingerprint density at radius 2 is 1.75 bits per heavy atom. The fourth-order valence-corrected chi connectivity index (χ4v) is 8.97. The summed E-state index contributed by atoms with van der Waals surface area (Å²) in [6, 6.07) is 3.45. The number of aliphatic hydroxyl groups excluding tert-OH is 2. The molecule has 0 saturated carbocycles. The van der Waals surface area contributed by atoms with Crippen LogP contribution < -0.4 is 10.1 Å². The molecule has 1 fully saturated rings. The van der Waals surface area contributed by atoms with Crippen molar-refractivity contribution in [2.24, 2.45) is 5.41 Å². The zero-order chi connectivity index (χ0) is 43.8. The zero-order valence-corrected chi connectivity index (χ0v) is 35.1. The minimum absolute atomic E-state index is 0.0723. The standard InChI is InChI=1S/C47H55NO12/c1-24(16-17-30-26(3)13-10-18-46(30,5)6)11-8-12-25(2)19-35(51)48-31-20-36(59-27(4)41(31)52)60-33-22-47(57,34(50)23-49)21-29-38(33)45(56)40-39(43(29)54)42(53)28-14-9-15-32(58-7)37(28)44(40)55/h8-9,11-12,14-17,19,27,31,33,36,41,49,52,54,56-57H,10,13,18,20-23H2,1-7H3,(H,48,51)/b12-8+,17-16+,24-11+,25-19-/t27-,31-,33-,36-,41+,47-/m0/s1. The SMILES string of the molecule is COc1cccc2c1C(=O)c1c(O)c3c(c(O)c1C2=O)C[C@@](O)(C(=O)CO)C[C@@H]3O[C@H]1C[C@H](NC(=O)\C=C(C)/C=C/C=C(C)/C=C/C2=C(C)CCCC2(C)C)[C@H](O)[C@H](C)O1. The van der Waals surface area contributed by atoms with Crippen molar-refractivity contribution < 1.29 is 58.9 Å². The Bertz CT molecular complexity index is 2260. The number of allylic oxidation sites excluding steroid dienone is 9. The highest BCUT2D eigenvalue weighted by atomic mass is 16.7. The Morgan fingerprint density at radius 3 is 2.43 bits per heavy atom. The summed E-state index contributed by atoms with van der Waals surface area (Å²) in [5.41, 5.74) is 0.672. The lowest BCUT2D eigenvalue weighted by molar-refractivity contribution is -0.249. The van der Waals surface area contributed by atoms with Crippen molar-refractivity contribution in [3.8, 4) is 17.2 Å². The second-order valence-electron chi connectivity index (χ2n) is 17.0. The van der Waals surface area contributed by atoms with Crippen LogP contribution in [0.3, 0.4) is 0 Å². The molecule has 1 saturated heterocycles. The number of carbonyl (C=O) groups excluding carboxylic acids is 4. The summed E-state index contributed by atoms with van der Waals surface area (Å²) in [5.74, 6) is -4.48. The van der Waals surface area contributed by atoms with E-state index in [1.807, 2.05) is 19.1 Å². The van der Waals surface area contributed by atoms with Crippen LogP contribution >= 0.6 is 0 Å². The summed E-state index contributed by atoms with van der Waals surface area (Å²) >= 11 is 0. The van der Waals surface area contributed by atoms with E-state index in [-0.39, 0.29) is 39.8 Å². The van der Waals surface area contributed by atoms with Crippen LogP contribution in [0.25, 0.3) is 0 Å². The summed E-state index contributed by atoms with van der Waals surface area (Å²) in [6.45, 7) is 11.0. The lowest BCUT2D eigenvalue weighted by atomic mass is 9.72. The number of benzene rings is 2. The lowest BCUT2D eigenvalue weighted by Crippen LogP contribution is -2.55. The predicted octanol–water partition coefficient (Wildman–Crippen LogP) is 5.69. The number of aromatic hydroxyl groups is 2. The average Bonchev–Trinajstić information content (AvgIpc) is 3.18. The number of Topliss-reactive ketones (excluding diaryl/α,β-unsaturated/α-hetero) is 1. The van der Waals surface area contributed by atoms with Crippen LogP contribution in [-0.2, 0) is 25.5 Å². The summed E-state index contributed by atoms with van der Waals surface area (Å²) in [7, 11) is 1.32. The number of methoxy groups -OCH3 is 1. The summed E-state index contributed by atoms with van der Waals surface area (Å²) in [6.07, 6.45) is 8.72. The van der Waals surface area contributed by atoms with Crippen LogP contribution in [0, 0.1) is 5.41 Å². The molecule has 6 rings (SSSR count). The number of amides is 1. The smallest absolute Gasteiger partial charge is 0.244 e. The van der Waals surface area contributed by atoms with Crippen molar-refractivity contribution in [1.82, 2.24) is 5.32 Å². The molecule has 0 aromatic heterocycles. The first kappa shape index (κ1) is 44.4. The Labute approximate surface area is 349 Å². The largest absolute Gasteiger partial charge is 0.507 e. The van der Waals surface area contributed by atoms with Gasteiger partial charge in [-0.15, -0.1) is 0 Å². The molecule has 320 valence electrons. The molecule has 3 aliphatic carbocycles. The first-order valence-corrected chi connectivity index (χ1v) is 20.3. The van der Waals surface area contributed by atoms with E-state index in [2.05, 4.69) is 38.2 Å². The molecule has 0 unspecified atom stereocenters. The third kappa shape index (κ3) is 8.55. The molecule has 6 N–H and O–H groups in total. The molecule has 6 atom stereocenters. The van der Waals surface area contributed by atoms with Gasteiger partial charge >= 0.3 is 0 Å². The summed E-state index contributed by atoms with van der Waals surface area (Å²) in [5, 5.41) is 58.7. The Hall–Kier alpha value is -5.18. The van der Waals surface area contributed by atoms with Crippen LogP contribution in [0.2, 0.25) is 0 Å². The summed E-state index contributed by atoms with van der Waals surface area (Å²) < 4.78 is 17.6. The van der Waals surface area contributed by atoms with Gasteiger partial charge < -0.3 is 45.1 Å². The van der Waals surface area contributed by atoms with Crippen molar-refractivity contribution in [1.29, 1.82) is 0 Å². The van der Waals surface area contributed by atoms with Crippen molar-refractivity contribution in [2.75, 3.05) is 13.7 Å². The van der Waals surface area contributed by atoms with Gasteiger partial charge in [0.1, 0.15) is 35.6 Å². The molecule has 60 heavy (non-hydrogen) atoms. The van der Waals surface area contributed by atoms with Crippen LogP contribution in [0.4, 0.5) is 0 Å². The molecule has 1 aliphatic heterocycles. The first-order chi connectivity index (χ1) is 28.3. The number of fused-ring (bicyclic) bond motifs is 3. The van der Waals surface area contributed by atoms with Crippen LogP contribution in [0.5, 0.6) is 17.2 Å². The van der Waals surface area contributed by atoms with E-state index in [0.717, 1.165) is 18.4 Å². The van der Waals surface area contributed by atoms with Crippen LogP contribution in [0.1, 0.15) is 123 Å². The van der Waals surface area contributed by atoms with Crippen molar-refractivity contribution >= 4 is 23.3 Å². The van der Waals surface area contributed by atoms with Gasteiger partial charge in [0, 0.05) is 42.0 Å². The van der Waals surface area contributed by atoms with E-state index >= 15 is 0 Å². The number of ketones is 3. The molecule has 2 aromatic carbocycles. The number of rotatable bonds is 11. The van der Waals surface area contributed by atoms with Gasteiger partial charge in [-0.2, -0.15) is 0 Å². The van der Waals surface area contributed by atoms with Gasteiger partial charge in [-0.25, -0.2) is 0 Å². The van der Waals surface area contributed by atoms with Crippen LogP contribution in [0.15, 0.2) is 76.9 Å². The molecule has 0 spiro atoms. The molecule has 1 heterocycles. The minimum atomic E-state index is -2.33. The molecule has 2 aromatic rings. The van der Waals surface area contributed by atoms with Gasteiger partial charge in [0.15, 0.2) is 17.9 Å². The Morgan fingerprint density at radius 1 is 1.03 bits per heavy atom. The molecule has 0 radical (unpaired) electrons. The predicted molar refractivity (Wildman–Crippen MR) is 222 cm³/mol. The topological polar surface area (TPSA) is 209 Å². The number of nitrogens with one attached hydrogen (secondary N) is 1. The Balaban J connectivity index is 1.22. The van der Waals surface area contributed by atoms with E-state index in [9.17, 15) is 44.7 Å². The van der Waals surface area contributed by atoms with Gasteiger partial charge in [0.2, 0.25) is 11.7 Å². The van der Waals surface area contributed by atoms with Crippen molar-refractivity contribution in [3.63, 3.8) is 0 Å². The van der Waals surface area contributed by atoms with Gasteiger partial charge in [-0.1, -0.05) is 67.5 Å². The number of phenols is 2. The third-order valence-electron chi connectivity index (χ3n) is 12.2. The van der Waals surface area contributed by atoms with E-state index in [1.54, 1.807) is 19.9 Å². The fourth-order valence-electron chi connectivity index (χ4n) is 8.97. The molecular formula is C47H55NO12. The molecular weight excluding hydrogens is 771 g/mol. The first-order valence-electron chi connectivity index (χ1n) is 20.3. The zero-order valence-electron chi connectivity index (χ0n) is 35.1. The van der Waals surface area contributed by atoms with Gasteiger partial charge in [-0.05, 0) is 69.6 Å². The van der Waals surface area contributed by atoms with Gasteiger partial charge in [0.05, 0.1) is 42.0 Å². The number of carbonyl (C=O) groups is 4. The second kappa shape index (κ2) is 17.4. The van der Waals surface area contributed by atoms with Gasteiger partial charge in [-0.3, -0.25) is 19.2 Å². The van der Waals surface area contributed by atoms with Crippen molar-refractivity contribution in [3.05, 3.63) is 110 Å². The highest BCUT2D eigenvalue weighted by molar-refractivity contribution is 6.31. The number of aliphatic hydroxyl groups is 3. The number of hydrogen-bond donors (Lipinski definition) is 6. The average molecular weight is 826 g/mol. The molecule has 13 nitrogen and oxygen atoms in total. The summed E-state index contributed by atoms with van der Waals surface area (Å²) in [4.78, 5) is 54.0. The highest BCUT2D eigenvalue weighted by Gasteiger charge is 2.50. The maximum absolute atomic E-state index is 14.0. The maximum atomic E-state index is 14.0. The van der Waals surface area contributed by atoms with Crippen molar-refractivity contribution in [2.45, 2.75) is 116 Å². The normalized spacial score (nSPS) is 26.9. The monoisotopic (exact) mass is 825 g/mol. The number of ether oxygens (including phenoxy) is 3. The second-order valence-corrected chi connectivity index (χ2v) is 17.0. The number of phenolic OH excluding ortho intramolecular Hbond substituents is 2. The van der Waals surface area contributed by atoms with E-state index in [4.69, 9.17) is 14.2 Å². The Kier molecular flexibility index (Phi) is 12.9. The lowest BCUT2D eigenvalue weighted by Gasteiger charge is -2.42. The maximum Gasteiger partial charge on any atom is 0.244 e.